The van der Waals surface area contributed by atoms with E-state index < -0.39 is 24.0 Å². The van der Waals surface area contributed by atoms with Crippen LogP contribution in [0.4, 0.5) is 14.5 Å². The van der Waals surface area contributed by atoms with E-state index in [-0.39, 0.29) is 11.4 Å². The minimum absolute atomic E-state index is 0.254. The highest BCUT2D eigenvalue weighted by Gasteiger charge is 2.12. The summed E-state index contributed by atoms with van der Waals surface area (Å²) in [5, 5.41) is 10.3. The third-order valence-corrected chi connectivity index (χ3v) is 1.76. The van der Waals surface area contributed by atoms with Gasteiger partial charge in [-0.2, -0.15) is 5.26 Å². The molecule has 0 spiro atoms. The lowest BCUT2D eigenvalue weighted by atomic mass is 10.2. The van der Waals surface area contributed by atoms with E-state index in [1.807, 2.05) is 0 Å². The van der Waals surface area contributed by atoms with E-state index in [1.165, 1.54) is 7.11 Å². The fraction of sp³-hybridized carbons (Fsp3) is 0.200. The van der Waals surface area contributed by atoms with E-state index in [0.29, 0.717) is 0 Å². The van der Waals surface area contributed by atoms with Crippen LogP contribution in [0, 0.1) is 23.0 Å². The van der Waals surface area contributed by atoms with Gasteiger partial charge in [0, 0.05) is 12.1 Å². The van der Waals surface area contributed by atoms with Crippen molar-refractivity contribution in [2.45, 2.75) is 6.42 Å². The fourth-order valence-corrected chi connectivity index (χ4v) is 1.05. The molecule has 4 nitrogen and oxygen atoms in total. The minimum Gasteiger partial charge on any atom is -0.494 e. The molecule has 1 N–H and O–H groups in total. The van der Waals surface area contributed by atoms with Gasteiger partial charge in [0.2, 0.25) is 5.91 Å². The number of methoxy groups -OCH3 is 1. The molecule has 0 aromatic heterocycles. The van der Waals surface area contributed by atoms with Gasteiger partial charge in [-0.1, -0.05) is 0 Å². The second-order valence-corrected chi connectivity index (χ2v) is 2.85. The first-order valence-corrected chi connectivity index (χ1v) is 4.28. The van der Waals surface area contributed by atoms with Crippen molar-refractivity contribution in [2.24, 2.45) is 0 Å². The van der Waals surface area contributed by atoms with E-state index in [2.05, 4.69) is 10.1 Å². The number of carbonyl (C=O) groups is 1. The van der Waals surface area contributed by atoms with Crippen molar-refractivity contribution in [3.05, 3.63) is 23.8 Å². The van der Waals surface area contributed by atoms with Gasteiger partial charge < -0.3 is 10.1 Å². The molecule has 6 heteroatoms. The van der Waals surface area contributed by atoms with Crippen molar-refractivity contribution in [2.75, 3.05) is 12.4 Å². The number of benzene rings is 1. The molecular weight excluding hydrogens is 218 g/mol. The maximum atomic E-state index is 13.3. The summed E-state index contributed by atoms with van der Waals surface area (Å²) in [4.78, 5) is 11.0. The van der Waals surface area contributed by atoms with E-state index in [1.54, 1.807) is 6.07 Å². The summed E-state index contributed by atoms with van der Waals surface area (Å²) in [5.74, 6) is -2.58. The monoisotopic (exact) mass is 226 g/mol. The molecule has 1 amide bonds. The Balaban J connectivity index is 2.94. The quantitative estimate of drug-likeness (QED) is 0.855. The Hall–Kier alpha value is -2.16. The van der Waals surface area contributed by atoms with E-state index >= 15 is 0 Å². The molecule has 1 aromatic carbocycles. The van der Waals surface area contributed by atoms with Crippen LogP contribution in [0.25, 0.3) is 0 Å². The predicted octanol–water partition coefficient (Wildman–Crippen LogP) is 1.83. The van der Waals surface area contributed by atoms with Crippen LogP contribution in [0.2, 0.25) is 0 Å². The van der Waals surface area contributed by atoms with E-state index in [9.17, 15) is 13.6 Å². The number of nitrogens with zero attached hydrogens (tertiary/aromatic N) is 1. The first-order valence-electron chi connectivity index (χ1n) is 4.28. The number of amides is 1. The van der Waals surface area contributed by atoms with Gasteiger partial charge >= 0.3 is 0 Å². The maximum Gasteiger partial charge on any atom is 0.238 e. The van der Waals surface area contributed by atoms with E-state index in [0.717, 1.165) is 12.1 Å². The number of anilines is 1. The number of halogens is 2. The van der Waals surface area contributed by atoms with Gasteiger partial charge in [0.05, 0.1) is 18.9 Å². The molecule has 1 rings (SSSR count). The van der Waals surface area contributed by atoms with Crippen LogP contribution in [-0.4, -0.2) is 13.0 Å². The zero-order chi connectivity index (χ0) is 12.1. The normalized spacial score (nSPS) is 9.38. The Morgan fingerprint density at radius 1 is 1.50 bits per heavy atom. The SMILES string of the molecule is COc1cc(F)c(NC(=O)CC#N)cc1F. The summed E-state index contributed by atoms with van der Waals surface area (Å²) in [6.07, 6.45) is -0.424. The summed E-state index contributed by atoms with van der Waals surface area (Å²) < 4.78 is 31.0. The van der Waals surface area contributed by atoms with Gasteiger partial charge in [0.15, 0.2) is 17.4 Å². The summed E-state index contributed by atoms with van der Waals surface area (Å²) >= 11 is 0. The van der Waals surface area contributed by atoms with Crippen LogP contribution in [0.5, 0.6) is 5.75 Å². The Morgan fingerprint density at radius 3 is 2.75 bits per heavy atom. The van der Waals surface area contributed by atoms with Crippen LogP contribution < -0.4 is 10.1 Å². The molecule has 0 unspecified atom stereocenters. The molecule has 0 radical (unpaired) electrons. The number of ether oxygens (including phenoxy) is 1. The van der Waals surface area contributed by atoms with E-state index in [4.69, 9.17) is 5.26 Å². The molecule has 0 saturated carbocycles. The fourth-order valence-electron chi connectivity index (χ4n) is 1.05. The van der Waals surface area contributed by atoms with Crippen molar-refractivity contribution < 1.29 is 18.3 Å². The van der Waals surface area contributed by atoms with Gasteiger partial charge in [-0.05, 0) is 0 Å². The minimum atomic E-state index is -0.829. The topological polar surface area (TPSA) is 62.1 Å². The third-order valence-electron chi connectivity index (χ3n) is 1.76. The summed E-state index contributed by atoms with van der Waals surface area (Å²) in [6.45, 7) is 0. The molecule has 0 atom stereocenters. The van der Waals surface area contributed by atoms with Crippen molar-refractivity contribution in [1.82, 2.24) is 0 Å². The first-order chi connectivity index (χ1) is 7.58. The van der Waals surface area contributed by atoms with Crippen LogP contribution in [-0.2, 0) is 4.79 Å². The maximum absolute atomic E-state index is 13.3. The molecule has 0 bridgehead atoms. The van der Waals surface area contributed by atoms with Gasteiger partial charge in [-0.25, -0.2) is 8.78 Å². The summed E-state index contributed by atoms with van der Waals surface area (Å²) in [5.41, 5.74) is -0.321. The van der Waals surface area contributed by atoms with Crippen molar-refractivity contribution in [3.63, 3.8) is 0 Å². The second kappa shape index (κ2) is 5.07. The third kappa shape index (κ3) is 2.67. The van der Waals surface area contributed by atoms with Crippen LogP contribution >= 0.6 is 0 Å². The molecule has 0 heterocycles. The molecular formula is C10H8F2N2O2. The lowest BCUT2D eigenvalue weighted by molar-refractivity contribution is -0.115. The summed E-state index contributed by atoms with van der Waals surface area (Å²) in [6, 6.07) is 3.20. The van der Waals surface area contributed by atoms with Crippen LogP contribution in [0.1, 0.15) is 6.42 Å². The highest BCUT2D eigenvalue weighted by atomic mass is 19.1. The molecule has 0 aliphatic heterocycles. The Bertz CT molecular complexity index is 455. The molecule has 1 aromatic rings. The molecule has 0 saturated heterocycles. The van der Waals surface area contributed by atoms with Crippen LogP contribution in [0.15, 0.2) is 12.1 Å². The van der Waals surface area contributed by atoms with Crippen molar-refractivity contribution >= 4 is 11.6 Å². The number of nitrogens with one attached hydrogen (secondary N) is 1. The predicted molar refractivity (Wildman–Crippen MR) is 51.8 cm³/mol. The number of hydrogen-bond acceptors (Lipinski definition) is 3. The molecule has 0 aliphatic carbocycles. The number of hydrogen-bond donors (Lipinski definition) is 1. The van der Waals surface area contributed by atoms with Gasteiger partial charge in [-0.3, -0.25) is 4.79 Å². The average Bonchev–Trinajstić information content (AvgIpc) is 2.23. The average molecular weight is 226 g/mol. The largest absolute Gasteiger partial charge is 0.494 e. The zero-order valence-corrected chi connectivity index (χ0v) is 8.38. The van der Waals surface area contributed by atoms with Crippen molar-refractivity contribution in [3.8, 4) is 11.8 Å². The Labute approximate surface area is 90.4 Å². The van der Waals surface area contributed by atoms with Crippen molar-refractivity contribution in [1.29, 1.82) is 5.26 Å². The summed E-state index contributed by atoms with van der Waals surface area (Å²) in [7, 11) is 1.20. The second-order valence-electron chi connectivity index (χ2n) is 2.85. The standard InChI is InChI=1S/C10H8F2N2O2/c1-16-9-5-6(11)8(4-7(9)12)14-10(15)2-3-13/h4-5H,2H2,1H3,(H,14,15). The molecule has 84 valence electrons. The molecule has 0 aliphatic rings. The molecule has 0 fully saturated rings. The molecule has 16 heavy (non-hydrogen) atoms. The zero-order valence-electron chi connectivity index (χ0n) is 8.38. The Kier molecular flexibility index (Phi) is 3.78. The highest BCUT2D eigenvalue weighted by molar-refractivity contribution is 5.92. The number of rotatable bonds is 3. The number of carbonyl (C=O) groups excluding carboxylic acids is 1. The highest BCUT2D eigenvalue weighted by Crippen LogP contribution is 2.24. The van der Waals surface area contributed by atoms with Gasteiger partial charge in [0.25, 0.3) is 0 Å². The Morgan fingerprint density at radius 2 is 2.19 bits per heavy atom. The number of nitriles is 1. The van der Waals surface area contributed by atoms with Gasteiger partial charge in [0.1, 0.15) is 6.42 Å². The smallest absolute Gasteiger partial charge is 0.238 e. The van der Waals surface area contributed by atoms with Gasteiger partial charge in [-0.15, -0.1) is 0 Å². The lowest BCUT2D eigenvalue weighted by Gasteiger charge is -2.07. The lowest BCUT2D eigenvalue weighted by Crippen LogP contribution is -2.11. The first kappa shape index (κ1) is 11.9. The van der Waals surface area contributed by atoms with Crippen LogP contribution in [0.3, 0.4) is 0 Å².